The molecule has 0 aliphatic carbocycles. The van der Waals surface area contributed by atoms with Crippen LogP contribution in [0, 0.1) is 22.1 Å². The quantitative estimate of drug-likeness (QED) is 0.321. The van der Waals surface area contributed by atoms with Crippen molar-refractivity contribution in [3.05, 3.63) is 58.4 Å². The van der Waals surface area contributed by atoms with Gasteiger partial charge in [-0.1, -0.05) is 17.7 Å². The van der Waals surface area contributed by atoms with E-state index in [0.717, 1.165) is 6.21 Å². The molecule has 0 atom stereocenters. The number of nitrogens with zero attached hydrogens (tertiary/aromatic N) is 2. The first-order chi connectivity index (χ1) is 13.0. The van der Waals surface area contributed by atoms with E-state index >= 15 is 0 Å². The van der Waals surface area contributed by atoms with Gasteiger partial charge in [0, 0.05) is 42.9 Å². The van der Waals surface area contributed by atoms with E-state index in [1.54, 1.807) is 31.3 Å². The molecule has 8 nitrogen and oxygen atoms in total. The molecule has 0 fully saturated rings. The molecule has 0 saturated carbocycles. The predicted octanol–water partition coefficient (Wildman–Crippen LogP) is 2.83. The lowest BCUT2D eigenvalue weighted by atomic mass is 10.1. The molecular weight excluding hydrogens is 366 g/mol. The third-order valence-electron chi connectivity index (χ3n) is 3.56. The molecule has 1 heterocycles. The number of rotatable bonds is 7. The van der Waals surface area contributed by atoms with E-state index in [1.165, 1.54) is 12.3 Å². The lowest BCUT2D eigenvalue weighted by molar-refractivity contribution is 0.324. The van der Waals surface area contributed by atoms with Gasteiger partial charge in [-0.25, -0.2) is 4.98 Å². The number of hydrogen-bond acceptors (Lipinski definition) is 7. The van der Waals surface area contributed by atoms with Crippen molar-refractivity contribution >= 4 is 40.8 Å². The van der Waals surface area contributed by atoms with Crippen LogP contribution < -0.4 is 16.0 Å². The van der Waals surface area contributed by atoms with Crippen molar-refractivity contribution in [2.45, 2.75) is 0 Å². The SMILES string of the molecule is CN/C(=C\C(=N)Nc1cc(Nc2c(Cl)cccc2C#N)c(C=N)cn1)CO. The van der Waals surface area contributed by atoms with Crippen LogP contribution in [-0.2, 0) is 0 Å². The Kier molecular flexibility index (Phi) is 6.88. The highest BCUT2D eigenvalue weighted by Gasteiger charge is 2.11. The van der Waals surface area contributed by atoms with Crippen LogP contribution in [0.25, 0.3) is 0 Å². The molecule has 2 aromatic rings. The molecule has 0 aliphatic rings. The Bertz CT molecular complexity index is 928. The number of aromatic nitrogens is 1. The van der Waals surface area contributed by atoms with Gasteiger partial charge in [0.25, 0.3) is 0 Å². The minimum atomic E-state index is -0.225. The molecule has 1 aromatic carbocycles. The second kappa shape index (κ2) is 9.33. The van der Waals surface area contributed by atoms with Gasteiger partial charge in [-0.3, -0.25) is 5.41 Å². The van der Waals surface area contributed by atoms with E-state index in [4.69, 9.17) is 27.5 Å². The average molecular weight is 384 g/mol. The van der Waals surface area contributed by atoms with Gasteiger partial charge in [0.2, 0.25) is 0 Å². The number of likely N-dealkylation sites (N-methyl/N-ethyl adjacent to an activating group) is 1. The molecule has 0 aliphatic heterocycles. The third kappa shape index (κ3) is 5.04. The third-order valence-corrected chi connectivity index (χ3v) is 3.87. The zero-order valence-electron chi connectivity index (χ0n) is 14.5. The normalized spacial score (nSPS) is 10.7. The van der Waals surface area contributed by atoms with Crippen LogP contribution in [0.5, 0.6) is 0 Å². The molecule has 27 heavy (non-hydrogen) atoms. The number of benzene rings is 1. The van der Waals surface area contributed by atoms with E-state index in [1.807, 2.05) is 0 Å². The summed E-state index contributed by atoms with van der Waals surface area (Å²) in [5.74, 6) is 0.369. The number of amidine groups is 1. The van der Waals surface area contributed by atoms with Crippen LogP contribution in [0.15, 0.2) is 42.2 Å². The van der Waals surface area contributed by atoms with E-state index in [-0.39, 0.29) is 12.4 Å². The standard InChI is InChI=1S/C18H18ClN7O/c1-23-13(10-27)5-16(22)26-17-6-15(12(8-21)9-24-17)25-18-11(7-20)3-2-4-14(18)19/h2-6,8-9,21,23,27H,10H2,1H3,(H3,22,24,25,26)/b13-5-,21-8?. The van der Waals surface area contributed by atoms with E-state index in [0.29, 0.717) is 39.0 Å². The molecule has 0 saturated heterocycles. The maximum atomic E-state index is 9.27. The first-order valence-corrected chi connectivity index (χ1v) is 8.21. The highest BCUT2D eigenvalue weighted by molar-refractivity contribution is 6.33. The number of halogens is 1. The Balaban J connectivity index is 2.34. The highest BCUT2D eigenvalue weighted by Crippen LogP contribution is 2.30. The molecule has 0 radical (unpaired) electrons. The fourth-order valence-corrected chi connectivity index (χ4v) is 2.40. The Morgan fingerprint density at radius 2 is 2.22 bits per heavy atom. The molecule has 138 valence electrons. The van der Waals surface area contributed by atoms with Crippen molar-refractivity contribution in [3.63, 3.8) is 0 Å². The molecule has 1 aromatic heterocycles. The molecule has 0 unspecified atom stereocenters. The summed E-state index contributed by atoms with van der Waals surface area (Å²) in [6.07, 6.45) is 4.02. The van der Waals surface area contributed by atoms with Crippen LogP contribution in [0.4, 0.5) is 17.2 Å². The number of nitrogens with one attached hydrogen (secondary N) is 5. The van der Waals surface area contributed by atoms with Gasteiger partial charge in [0.15, 0.2) is 0 Å². The van der Waals surface area contributed by atoms with Crippen molar-refractivity contribution in [2.24, 2.45) is 0 Å². The minimum absolute atomic E-state index is 0.0184. The summed E-state index contributed by atoms with van der Waals surface area (Å²) < 4.78 is 0. The number of anilines is 3. The largest absolute Gasteiger partial charge is 0.390 e. The minimum Gasteiger partial charge on any atom is -0.390 e. The molecule has 0 spiro atoms. The zero-order valence-corrected chi connectivity index (χ0v) is 15.2. The summed E-state index contributed by atoms with van der Waals surface area (Å²) >= 11 is 6.19. The molecule has 2 rings (SSSR count). The number of aliphatic hydroxyl groups is 1. The van der Waals surface area contributed by atoms with Gasteiger partial charge in [-0.2, -0.15) is 5.26 Å². The van der Waals surface area contributed by atoms with Crippen LogP contribution in [0.1, 0.15) is 11.1 Å². The summed E-state index contributed by atoms with van der Waals surface area (Å²) in [4.78, 5) is 4.16. The summed E-state index contributed by atoms with van der Waals surface area (Å²) in [6.45, 7) is -0.225. The van der Waals surface area contributed by atoms with Gasteiger partial charge in [0.05, 0.1) is 28.6 Å². The van der Waals surface area contributed by atoms with Gasteiger partial charge in [0.1, 0.15) is 17.7 Å². The zero-order chi connectivity index (χ0) is 19.8. The smallest absolute Gasteiger partial charge is 0.133 e. The second-order valence-electron chi connectivity index (χ2n) is 5.32. The van der Waals surface area contributed by atoms with Gasteiger partial charge >= 0.3 is 0 Å². The van der Waals surface area contributed by atoms with Crippen LogP contribution in [-0.4, -0.2) is 35.8 Å². The number of nitriles is 1. The summed E-state index contributed by atoms with van der Waals surface area (Å²) in [5, 5.41) is 42.9. The summed E-state index contributed by atoms with van der Waals surface area (Å²) in [7, 11) is 1.64. The first kappa shape index (κ1) is 19.9. The van der Waals surface area contributed by atoms with Gasteiger partial charge in [-0.05, 0) is 12.1 Å². The Morgan fingerprint density at radius 3 is 2.85 bits per heavy atom. The summed E-state index contributed by atoms with van der Waals surface area (Å²) in [6, 6.07) is 8.64. The van der Waals surface area contributed by atoms with Crippen LogP contribution >= 0.6 is 11.6 Å². The average Bonchev–Trinajstić information content (AvgIpc) is 2.67. The van der Waals surface area contributed by atoms with Crippen molar-refractivity contribution < 1.29 is 5.11 Å². The molecule has 0 amide bonds. The van der Waals surface area contributed by atoms with Gasteiger partial charge < -0.3 is 26.5 Å². The van der Waals surface area contributed by atoms with Crippen LogP contribution in [0.2, 0.25) is 5.02 Å². The monoisotopic (exact) mass is 383 g/mol. The summed E-state index contributed by atoms with van der Waals surface area (Å²) in [5.41, 5.74) is 2.24. The topological polar surface area (TPSA) is 141 Å². The number of para-hydroxylation sites is 1. The number of aliphatic hydroxyl groups excluding tert-OH is 1. The number of pyridine rings is 1. The Morgan fingerprint density at radius 1 is 1.44 bits per heavy atom. The van der Waals surface area contributed by atoms with Crippen molar-refractivity contribution in [2.75, 3.05) is 24.3 Å². The molecule has 9 heteroatoms. The van der Waals surface area contributed by atoms with Crippen LogP contribution in [0.3, 0.4) is 0 Å². The fourth-order valence-electron chi connectivity index (χ4n) is 2.18. The maximum absolute atomic E-state index is 9.27. The Labute approximate surface area is 161 Å². The highest BCUT2D eigenvalue weighted by atomic mass is 35.5. The maximum Gasteiger partial charge on any atom is 0.133 e. The molecule has 6 N–H and O–H groups in total. The lowest BCUT2D eigenvalue weighted by Crippen LogP contribution is -2.16. The Hall–Kier alpha value is -3.41. The molecular formula is C18H18ClN7O. The lowest BCUT2D eigenvalue weighted by Gasteiger charge is -2.14. The van der Waals surface area contributed by atoms with Gasteiger partial charge in [-0.15, -0.1) is 0 Å². The van der Waals surface area contributed by atoms with E-state index < -0.39 is 0 Å². The van der Waals surface area contributed by atoms with E-state index in [9.17, 15) is 5.26 Å². The molecule has 0 bridgehead atoms. The second-order valence-corrected chi connectivity index (χ2v) is 5.72. The predicted molar refractivity (Wildman–Crippen MR) is 107 cm³/mol. The fraction of sp³-hybridized carbons (Fsp3) is 0.111. The first-order valence-electron chi connectivity index (χ1n) is 7.83. The number of hydrogen-bond donors (Lipinski definition) is 6. The van der Waals surface area contributed by atoms with Crippen molar-refractivity contribution in [3.8, 4) is 6.07 Å². The van der Waals surface area contributed by atoms with Crippen molar-refractivity contribution in [1.29, 1.82) is 16.1 Å². The van der Waals surface area contributed by atoms with Crippen molar-refractivity contribution in [1.82, 2.24) is 10.3 Å². The van der Waals surface area contributed by atoms with E-state index in [2.05, 4.69) is 27.0 Å².